The average molecular weight is 387 g/mol. The number of amides is 1. The maximum Gasteiger partial charge on any atom is 0.338 e. The highest BCUT2D eigenvalue weighted by Gasteiger charge is 2.20. The van der Waals surface area contributed by atoms with Crippen molar-refractivity contribution in [3.8, 4) is 5.75 Å². The summed E-state index contributed by atoms with van der Waals surface area (Å²) < 4.78 is 29.9. The molecule has 1 saturated heterocycles. The molecular weight excluding hydrogens is 365 g/mol. The summed E-state index contributed by atoms with van der Waals surface area (Å²) in [5, 5.41) is 2.40. The zero-order valence-electron chi connectivity index (χ0n) is 15.5. The number of para-hydroxylation sites is 1. The van der Waals surface area contributed by atoms with E-state index in [-0.39, 0.29) is 17.4 Å². The van der Waals surface area contributed by atoms with Crippen molar-refractivity contribution in [1.29, 1.82) is 0 Å². The monoisotopic (exact) mass is 387 g/mol. The minimum absolute atomic E-state index is 0.0307. The molecule has 1 heterocycles. The molecule has 3 rings (SSSR count). The summed E-state index contributed by atoms with van der Waals surface area (Å²) in [6.07, 6.45) is 1.06. The number of carbonyl (C=O) groups excluding carboxylic acids is 2. The van der Waals surface area contributed by atoms with Crippen molar-refractivity contribution < 1.29 is 28.2 Å². The Morgan fingerprint density at radius 3 is 2.64 bits per heavy atom. The molecule has 6 nitrogen and oxygen atoms in total. The third-order valence-corrected chi connectivity index (χ3v) is 4.33. The Bertz CT molecular complexity index is 818. The molecule has 0 unspecified atom stereocenters. The molecule has 0 aromatic heterocycles. The van der Waals surface area contributed by atoms with Crippen LogP contribution in [0.2, 0.25) is 0 Å². The van der Waals surface area contributed by atoms with E-state index < -0.39 is 23.8 Å². The predicted molar refractivity (Wildman–Crippen MR) is 101 cm³/mol. The van der Waals surface area contributed by atoms with Gasteiger partial charge in [0.1, 0.15) is 18.2 Å². The number of anilines is 1. The van der Waals surface area contributed by atoms with Crippen LogP contribution in [-0.4, -0.2) is 37.3 Å². The zero-order chi connectivity index (χ0) is 19.9. The summed E-state index contributed by atoms with van der Waals surface area (Å²) >= 11 is 0. The van der Waals surface area contributed by atoms with E-state index in [0.717, 1.165) is 19.4 Å². The van der Waals surface area contributed by atoms with Gasteiger partial charge >= 0.3 is 5.97 Å². The van der Waals surface area contributed by atoms with Gasteiger partial charge in [-0.15, -0.1) is 0 Å². The number of halogens is 1. The summed E-state index contributed by atoms with van der Waals surface area (Å²) in [6.45, 7) is 2.66. The highest BCUT2D eigenvalue weighted by atomic mass is 19.1. The van der Waals surface area contributed by atoms with Crippen LogP contribution >= 0.6 is 0 Å². The normalized spacial score (nSPS) is 17.0. The van der Waals surface area contributed by atoms with Gasteiger partial charge in [0.2, 0.25) is 0 Å². The lowest BCUT2D eigenvalue weighted by Crippen LogP contribution is -2.30. The molecule has 0 bridgehead atoms. The number of rotatable bonds is 7. The quantitative estimate of drug-likeness (QED) is 0.736. The number of benzene rings is 2. The fourth-order valence-corrected chi connectivity index (χ4v) is 2.73. The van der Waals surface area contributed by atoms with Crippen LogP contribution in [-0.2, 0) is 14.3 Å². The van der Waals surface area contributed by atoms with Crippen LogP contribution in [0, 0.1) is 5.82 Å². The molecule has 0 aliphatic carbocycles. The maximum atomic E-state index is 13.6. The fourth-order valence-electron chi connectivity index (χ4n) is 2.73. The number of hydrogen-bond acceptors (Lipinski definition) is 5. The molecular formula is C21H22FNO5. The van der Waals surface area contributed by atoms with Crippen molar-refractivity contribution in [2.45, 2.75) is 32.0 Å². The second-order valence-electron chi connectivity index (χ2n) is 6.49. The Morgan fingerprint density at radius 1 is 1.21 bits per heavy atom. The summed E-state index contributed by atoms with van der Waals surface area (Å²) in [4.78, 5) is 24.3. The minimum Gasteiger partial charge on any atom is -0.491 e. The lowest BCUT2D eigenvalue weighted by atomic mass is 10.2. The molecule has 2 aromatic rings. The predicted octanol–water partition coefficient (Wildman–Crippen LogP) is 3.57. The number of hydrogen-bond donors (Lipinski definition) is 1. The van der Waals surface area contributed by atoms with E-state index in [2.05, 4.69) is 5.32 Å². The Balaban J connectivity index is 1.50. The molecule has 0 saturated carbocycles. The van der Waals surface area contributed by atoms with Gasteiger partial charge in [-0.3, -0.25) is 4.79 Å². The molecule has 1 N–H and O–H groups in total. The third-order valence-electron chi connectivity index (χ3n) is 4.33. The number of carbonyl (C=O) groups is 2. The third kappa shape index (κ3) is 5.29. The molecule has 1 amide bonds. The Hall–Kier alpha value is -2.93. The Labute approximate surface area is 162 Å². The first-order chi connectivity index (χ1) is 13.5. The van der Waals surface area contributed by atoms with Crippen molar-refractivity contribution in [2.24, 2.45) is 0 Å². The highest BCUT2D eigenvalue weighted by molar-refractivity contribution is 5.97. The first-order valence-corrected chi connectivity index (χ1v) is 9.14. The van der Waals surface area contributed by atoms with Crippen LogP contribution < -0.4 is 10.1 Å². The van der Waals surface area contributed by atoms with Crippen molar-refractivity contribution >= 4 is 17.6 Å². The smallest absolute Gasteiger partial charge is 0.338 e. The van der Waals surface area contributed by atoms with E-state index in [1.54, 1.807) is 30.3 Å². The van der Waals surface area contributed by atoms with Gasteiger partial charge < -0.3 is 19.5 Å². The largest absolute Gasteiger partial charge is 0.491 e. The van der Waals surface area contributed by atoms with Crippen molar-refractivity contribution in [1.82, 2.24) is 0 Å². The summed E-state index contributed by atoms with van der Waals surface area (Å²) in [6, 6.07) is 12.2. The van der Waals surface area contributed by atoms with Gasteiger partial charge in [-0.05, 0) is 56.2 Å². The molecule has 2 atom stereocenters. The topological polar surface area (TPSA) is 73.9 Å². The SMILES string of the molecule is C[C@H](OC(=O)c1ccc(OC[C@@H]2CCCO2)cc1)C(=O)Nc1ccccc1F. The van der Waals surface area contributed by atoms with Crippen LogP contribution in [0.5, 0.6) is 5.75 Å². The summed E-state index contributed by atoms with van der Waals surface area (Å²) in [7, 11) is 0. The van der Waals surface area contributed by atoms with E-state index in [1.807, 2.05) is 0 Å². The van der Waals surface area contributed by atoms with Crippen molar-refractivity contribution in [3.63, 3.8) is 0 Å². The lowest BCUT2D eigenvalue weighted by molar-refractivity contribution is -0.123. The van der Waals surface area contributed by atoms with Gasteiger partial charge in [-0.2, -0.15) is 0 Å². The number of nitrogens with one attached hydrogen (secondary N) is 1. The van der Waals surface area contributed by atoms with Crippen LogP contribution in [0.3, 0.4) is 0 Å². The van der Waals surface area contributed by atoms with E-state index in [9.17, 15) is 14.0 Å². The fraction of sp³-hybridized carbons (Fsp3) is 0.333. The van der Waals surface area contributed by atoms with Gasteiger partial charge in [0.15, 0.2) is 6.10 Å². The van der Waals surface area contributed by atoms with Gasteiger partial charge in [-0.25, -0.2) is 9.18 Å². The molecule has 7 heteroatoms. The van der Waals surface area contributed by atoms with Crippen molar-refractivity contribution in [3.05, 3.63) is 59.9 Å². The Morgan fingerprint density at radius 2 is 1.96 bits per heavy atom. The molecule has 0 radical (unpaired) electrons. The molecule has 28 heavy (non-hydrogen) atoms. The second-order valence-corrected chi connectivity index (χ2v) is 6.49. The number of ether oxygens (including phenoxy) is 3. The van der Waals surface area contributed by atoms with E-state index in [0.29, 0.717) is 12.4 Å². The summed E-state index contributed by atoms with van der Waals surface area (Å²) in [5.74, 6) is -1.21. The zero-order valence-corrected chi connectivity index (χ0v) is 15.5. The van der Waals surface area contributed by atoms with Gasteiger partial charge in [-0.1, -0.05) is 12.1 Å². The molecule has 2 aromatic carbocycles. The Kier molecular flexibility index (Phi) is 6.60. The lowest BCUT2D eigenvalue weighted by Gasteiger charge is -2.14. The van der Waals surface area contributed by atoms with Gasteiger partial charge in [0, 0.05) is 6.61 Å². The van der Waals surface area contributed by atoms with Gasteiger partial charge in [0.25, 0.3) is 5.91 Å². The van der Waals surface area contributed by atoms with Crippen LogP contribution in [0.4, 0.5) is 10.1 Å². The first-order valence-electron chi connectivity index (χ1n) is 9.14. The second kappa shape index (κ2) is 9.32. The van der Waals surface area contributed by atoms with E-state index >= 15 is 0 Å². The number of esters is 1. The van der Waals surface area contributed by atoms with Gasteiger partial charge in [0.05, 0.1) is 17.4 Å². The molecule has 1 fully saturated rings. The molecule has 1 aliphatic rings. The average Bonchev–Trinajstić information content (AvgIpc) is 3.22. The van der Waals surface area contributed by atoms with Crippen LogP contribution in [0.15, 0.2) is 48.5 Å². The molecule has 0 spiro atoms. The minimum atomic E-state index is -1.08. The first kappa shape index (κ1) is 19.8. The molecule has 1 aliphatic heterocycles. The van der Waals surface area contributed by atoms with Crippen LogP contribution in [0.25, 0.3) is 0 Å². The summed E-state index contributed by atoms with van der Waals surface area (Å²) in [5.41, 5.74) is 0.318. The standard InChI is InChI=1S/C21H22FNO5/c1-14(20(24)23-19-7-3-2-6-18(19)22)28-21(25)15-8-10-16(11-9-15)27-13-17-5-4-12-26-17/h2-3,6-11,14,17H,4-5,12-13H2,1H3,(H,23,24)/t14-,17-/m0/s1. The molecule has 148 valence electrons. The highest BCUT2D eigenvalue weighted by Crippen LogP contribution is 2.18. The maximum absolute atomic E-state index is 13.6. The van der Waals surface area contributed by atoms with Crippen LogP contribution in [0.1, 0.15) is 30.1 Å². The van der Waals surface area contributed by atoms with E-state index in [1.165, 1.54) is 25.1 Å². The van der Waals surface area contributed by atoms with E-state index in [4.69, 9.17) is 14.2 Å². The van der Waals surface area contributed by atoms with Crippen molar-refractivity contribution in [2.75, 3.05) is 18.5 Å².